The van der Waals surface area contributed by atoms with Crippen molar-refractivity contribution in [3.05, 3.63) is 47.5 Å². The summed E-state index contributed by atoms with van der Waals surface area (Å²) in [6.45, 7) is 2.43. The minimum atomic E-state index is -0.171. The smallest absolute Gasteiger partial charge is 0.253 e. The summed E-state index contributed by atoms with van der Waals surface area (Å²) in [5, 5.41) is 13.6. The predicted molar refractivity (Wildman–Crippen MR) is 86.7 cm³/mol. The second-order valence-corrected chi connectivity index (χ2v) is 4.69. The van der Waals surface area contributed by atoms with E-state index in [0.717, 1.165) is 17.5 Å². The molecular formula is C15H18N6O. The number of H-pyrrole nitrogens is 1. The van der Waals surface area contributed by atoms with Gasteiger partial charge in [0, 0.05) is 31.1 Å². The molecule has 0 saturated heterocycles. The summed E-state index contributed by atoms with van der Waals surface area (Å²) in [5.41, 5.74) is 5.84. The number of hydrogen-bond acceptors (Lipinski definition) is 5. The molecule has 0 radical (unpaired) electrons. The summed E-state index contributed by atoms with van der Waals surface area (Å²) in [7, 11) is 0. The largest absolute Gasteiger partial charge is 0.352 e. The summed E-state index contributed by atoms with van der Waals surface area (Å²) < 4.78 is 0. The lowest BCUT2D eigenvalue weighted by atomic mass is 10.1. The van der Waals surface area contributed by atoms with Crippen molar-refractivity contribution in [2.75, 3.05) is 12.0 Å². The fraction of sp³-hybridized carbons (Fsp3) is 0.200. The number of nitrogens with one attached hydrogen (secondary N) is 4. The van der Waals surface area contributed by atoms with Crippen LogP contribution in [-0.2, 0) is 6.42 Å². The molecule has 22 heavy (non-hydrogen) atoms. The van der Waals surface area contributed by atoms with E-state index in [4.69, 9.17) is 5.41 Å². The first-order chi connectivity index (χ1) is 10.7. The van der Waals surface area contributed by atoms with Crippen LogP contribution in [0.4, 0.5) is 5.69 Å². The van der Waals surface area contributed by atoms with Crippen molar-refractivity contribution in [3.8, 4) is 0 Å². The van der Waals surface area contributed by atoms with Gasteiger partial charge in [-0.2, -0.15) is 5.10 Å². The maximum absolute atomic E-state index is 12.3. The van der Waals surface area contributed by atoms with Gasteiger partial charge in [-0.3, -0.25) is 10.2 Å². The summed E-state index contributed by atoms with van der Waals surface area (Å²) in [4.78, 5) is 19.2. The molecule has 0 fully saturated rings. The zero-order valence-corrected chi connectivity index (χ0v) is 12.3. The number of aryl methyl sites for hydroxylation is 1. The number of benzene rings is 1. The van der Waals surface area contributed by atoms with Crippen LogP contribution in [-0.4, -0.2) is 34.8 Å². The summed E-state index contributed by atoms with van der Waals surface area (Å²) in [6, 6.07) is 5.48. The molecule has 2 rings (SSSR count). The van der Waals surface area contributed by atoms with Gasteiger partial charge >= 0.3 is 0 Å². The highest BCUT2D eigenvalue weighted by Crippen LogP contribution is 2.17. The molecule has 0 bridgehead atoms. The normalized spacial score (nSPS) is 10.6. The Bertz CT molecular complexity index is 663. The third-order valence-corrected chi connectivity index (χ3v) is 2.99. The monoisotopic (exact) mass is 298 g/mol. The summed E-state index contributed by atoms with van der Waals surface area (Å²) >= 11 is 0. The number of hydrazone groups is 1. The summed E-state index contributed by atoms with van der Waals surface area (Å²) in [6.07, 6.45) is 6.40. The van der Waals surface area contributed by atoms with Crippen LogP contribution in [0.25, 0.3) is 0 Å². The molecule has 4 N–H and O–H groups in total. The average molecular weight is 298 g/mol. The average Bonchev–Trinajstić information content (AvgIpc) is 3.02. The Labute approximate surface area is 128 Å². The SMILES string of the molecule is Cc1ccc(N/N=C\C=N)c(C(=O)NCCc2cnc[nH]2)c1. The highest BCUT2D eigenvalue weighted by Gasteiger charge is 2.11. The topological polar surface area (TPSA) is 106 Å². The molecule has 0 atom stereocenters. The van der Waals surface area contributed by atoms with Gasteiger partial charge < -0.3 is 15.7 Å². The predicted octanol–water partition coefficient (Wildman–Crippen LogP) is 1.74. The maximum atomic E-state index is 12.3. The first-order valence-electron chi connectivity index (χ1n) is 6.85. The number of imidazole rings is 1. The van der Waals surface area contributed by atoms with Gasteiger partial charge in [-0.25, -0.2) is 4.98 Å². The van der Waals surface area contributed by atoms with Crippen molar-refractivity contribution in [1.82, 2.24) is 15.3 Å². The number of aromatic nitrogens is 2. The highest BCUT2D eigenvalue weighted by molar-refractivity contribution is 6.14. The van der Waals surface area contributed by atoms with Crippen molar-refractivity contribution in [3.63, 3.8) is 0 Å². The molecule has 7 heteroatoms. The molecule has 114 valence electrons. The molecule has 0 saturated carbocycles. The number of rotatable bonds is 7. The van der Waals surface area contributed by atoms with E-state index in [2.05, 4.69) is 25.8 Å². The number of hydrogen-bond donors (Lipinski definition) is 4. The van der Waals surface area contributed by atoms with Crippen molar-refractivity contribution in [2.24, 2.45) is 5.10 Å². The van der Waals surface area contributed by atoms with Crippen molar-refractivity contribution < 1.29 is 4.79 Å². The lowest BCUT2D eigenvalue weighted by Gasteiger charge is -2.10. The molecule has 1 aromatic carbocycles. The van der Waals surface area contributed by atoms with Crippen molar-refractivity contribution >= 4 is 24.0 Å². The van der Waals surface area contributed by atoms with E-state index in [0.29, 0.717) is 24.2 Å². The zero-order valence-electron chi connectivity index (χ0n) is 12.3. The highest BCUT2D eigenvalue weighted by atomic mass is 16.1. The number of nitrogens with zero attached hydrogens (tertiary/aromatic N) is 2. The van der Waals surface area contributed by atoms with E-state index in [1.54, 1.807) is 24.7 Å². The van der Waals surface area contributed by atoms with Gasteiger partial charge in [0.15, 0.2) is 0 Å². The molecule has 0 aliphatic rings. The van der Waals surface area contributed by atoms with Gasteiger partial charge in [-0.05, 0) is 19.1 Å². The zero-order chi connectivity index (χ0) is 15.8. The minimum absolute atomic E-state index is 0.171. The van der Waals surface area contributed by atoms with E-state index in [-0.39, 0.29) is 5.91 Å². The molecule has 0 unspecified atom stereocenters. The third-order valence-electron chi connectivity index (χ3n) is 2.99. The maximum Gasteiger partial charge on any atom is 0.253 e. The van der Waals surface area contributed by atoms with Crippen LogP contribution in [0, 0.1) is 12.3 Å². The molecule has 0 spiro atoms. The first-order valence-corrected chi connectivity index (χ1v) is 6.85. The quantitative estimate of drug-likeness (QED) is 0.462. The van der Waals surface area contributed by atoms with Gasteiger partial charge in [-0.1, -0.05) is 11.6 Å². The Balaban J connectivity index is 2.01. The first kappa shape index (κ1) is 15.4. The second-order valence-electron chi connectivity index (χ2n) is 4.69. The van der Waals surface area contributed by atoms with Crippen LogP contribution < -0.4 is 10.7 Å². The van der Waals surface area contributed by atoms with E-state index >= 15 is 0 Å². The molecule has 1 heterocycles. The van der Waals surface area contributed by atoms with Crippen molar-refractivity contribution in [1.29, 1.82) is 5.41 Å². The van der Waals surface area contributed by atoms with Crippen LogP contribution in [0.15, 0.2) is 35.8 Å². The molecule has 7 nitrogen and oxygen atoms in total. The lowest BCUT2D eigenvalue weighted by Crippen LogP contribution is -2.26. The third kappa shape index (κ3) is 4.27. The Morgan fingerprint density at radius 3 is 3.09 bits per heavy atom. The molecule has 2 aromatic rings. The standard InChI is InChI=1S/C15H18N6O/c1-11-2-3-14(21-20-7-5-16)13(8-11)15(22)18-6-4-12-9-17-10-19-12/h2-3,5,7-10,16,21H,4,6H2,1H3,(H,17,19)(H,18,22)/b16-5?,20-7-. The Morgan fingerprint density at radius 2 is 2.36 bits per heavy atom. The number of carbonyl (C=O) groups is 1. The van der Waals surface area contributed by atoms with Crippen LogP contribution in [0.2, 0.25) is 0 Å². The number of carbonyl (C=O) groups excluding carboxylic acids is 1. The fourth-order valence-electron chi connectivity index (χ4n) is 1.91. The van der Waals surface area contributed by atoms with Crippen molar-refractivity contribution in [2.45, 2.75) is 13.3 Å². The van der Waals surface area contributed by atoms with E-state index in [9.17, 15) is 4.79 Å². The van der Waals surface area contributed by atoms with Gasteiger partial charge in [0.25, 0.3) is 5.91 Å². The van der Waals surface area contributed by atoms with E-state index in [1.807, 2.05) is 13.0 Å². The van der Waals surface area contributed by atoms with Crippen LogP contribution in [0.3, 0.4) is 0 Å². The van der Waals surface area contributed by atoms with E-state index in [1.165, 1.54) is 6.21 Å². The van der Waals surface area contributed by atoms with Gasteiger partial charge in [0.1, 0.15) is 0 Å². The van der Waals surface area contributed by atoms with Gasteiger partial charge in [0.2, 0.25) is 0 Å². The van der Waals surface area contributed by atoms with Gasteiger partial charge in [0.05, 0.1) is 23.8 Å². The lowest BCUT2D eigenvalue weighted by molar-refractivity contribution is 0.0955. The second kappa shape index (κ2) is 7.72. The number of anilines is 1. The van der Waals surface area contributed by atoms with Crippen LogP contribution in [0.5, 0.6) is 0 Å². The van der Waals surface area contributed by atoms with E-state index < -0.39 is 0 Å². The van der Waals surface area contributed by atoms with Crippen LogP contribution >= 0.6 is 0 Å². The molecule has 0 aliphatic heterocycles. The Hall–Kier alpha value is -2.96. The number of amides is 1. The minimum Gasteiger partial charge on any atom is -0.352 e. The molecule has 0 aliphatic carbocycles. The Kier molecular flexibility index (Phi) is 5.42. The van der Waals surface area contributed by atoms with Crippen LogP contribution in [0.1, 0.15) is 21.6 Å². The van der Waals surface area contributed by atoms with Gasteiger partial charge in [-0.15, -0.1) is 0 Å². The molecular weight excluding hydrogens is 280 g/mol. The fourth-order valence-corrected chi connectivity index (χ4v) is 1.91. The molecule has 1 aromatic heterocycles. The Morgan fingerprint density at radius 1 is 1.50 bits per heavy atom. The molecule has 1 amide bonds. The number of aromatic amines is 1. The summed E-state index contributed by atoms with van der Waals surface area (Å²) in [5.74, 6) is -0.171.